The van der Waals surface area contributed by atoms with Gasteiger partial charge in [-0.05, 0) is 24.3 Å². The topological polar surface area (TPSA) is 75.9 Å². The Hall–Kier alpha value is -3.32. The number of fused-ring (bicyclic) bond motifs is 1. The van der Waals surface area contributed by atoms with E-state index < -0.39 is 0 Å². The van der Waals surface area contributed by atoms with Gasteiger partial charge in [0.25, 0.3) is 5.91 Å². The summed E-state index contributed by atoms with van der Waals surface area (Å²) in [5.41, 5.74) is 2.53. The first-order valence-corrected chi connectivity index (χ1v) is 8.80. The van der Waals surface area contributed by atoms with Gasteiger partial charge in [0.15, 0.2) is 23.1 Å². The largest absolute Gasteiger partial charge is 0.504 e. The lowest BCUT2D eigenvalue weighted by Gasteiger charge is -2.09. The third-order valence-corrected chi connectivity index (χ3v) is 4.55. The van der Waals surface area contributed by atoms with Crippen molar-refractivity contribution in [2.45, 2.75) is 0 Å². The first-order valence-electron chi connectivity index (χ1n) is 7.92. The molecule has 0 atom stereocenters. The van der Waals surface area contributed by atoms with Gasteiger partial charge in [0.05, 0.1) is 5.69 Å². The van der Waals surface area contributed by atoms with Gasteiger partial charge in [-0.2, -0.15) is 0 Å². The molecule has 0 spiro atoms. The number of phenolic OH excluding ortho intramolecular Hbond substituents is 1. The van der Waals surface area contributed by atoms with Gasteiger partial charge in [0, 0.05) is 29.0 Å². The van der Waals surface area contributed by atoms with Gasteiger partial charge in [-0.15, -0.1) is 11.3 Å². The molecule has 0 aliphatic rings. The van der Waals surface area contributed by atoms with Crippen molar-refractivity contribution in [3.8, 4) is 22.8 Å². The van der Waals surface area contributed by atoms with E-state index in [9.17, 15) is 9.90 Å². The molecular formula is C19H15N3O3S. The van der Waals surface area contributed by atoms with Crippen LogP contribution in [0.3, 0.4) is 0 Å². The maximum absolute atomic E-state index is 12.0. The summed E-state index contributed by atoms with van der Waals surface area (Å²) in [5.74, 6) is -0.0223. The SMILES string of the molecule is O=C(COc1ccccc1O)Nc1ccc(-c2cn3ccsc3n2)cc1. The van der Waals surface area contributed by atoms with Gasteiger partial charge in [-0.25, -0.2) is 4.98 Å². The van der Waals surface area contributed by atoms with Crippen molar-refractivity contribution in [1.82, 2.24) is 9.38 Å². The van der Waals surface area contributed by atoms with E-state index in [2.05, 4.69) is 10.3 Å². The summed E-state index contributed by atoms with van der Waals surface area (Å²) in [5, 5.41) is 14.4. The number of amides is 1. The van der Waals surface area contributed by atoms with Crippen molar-refractivity contribution < 1.29 is 14.6 Å². The predicted octanol–water partition coefficient (Wildman–Crippen LogP) is 3.79. The highest BCUT2D eigenvalue weighted by atomic mass is 32.1. The summed E-state index contributed by atoms with van der Waals surface area (Å²) >= 11 is 1.58. The smallest absolute Gasteiger partial charge is 0.262 e. The molecule has 2 N–H and O–H groups in total. The van der Waals surface area contributed by atoms with E-state index in [0.29, 0.717) is 5.69 Å². The van der Waals surface area contributed by atoms with Crippen LogP contribution in [0, 0.1) is 0 Å². The Balaban J connectivity index is 1.38. The van der Waals surface area contributed by atoms with Crippen LogP contribution in [0.2, 0.25) is 0 Å². The minimum absolute atomic E-state index is 0.00428. The Morgan fingerprint density at radius 1 is 1.19 bits per heavy atom. The number of carbonyl (C=O) groups excluding carboxylic acids is 1. The molecule has 0 aliphatic heterocycles. The molecule has 4 aromatic rings. The molecule has 130 valence electrons. The molecule has 4 rings (SSSR count). The first-order chi connectivity index (χ1) is 12.7. The van der Waals surface area contributed by atoms with Crippen LogP contribution in [-0.2, 0) is 4.79 Å². The van der Waals surface area contributed by atoms with Gasteiger partial charge in [-0.1, -0.05) is 24.3 Å². The van der Waals surface area contributed by atoms with Crippen LogP contribution >= 0.6 is 11.3 Å². The molecule has 2 heterocycles. The highest BCUT2D eigenvalue weighted by Crippen LogP contribution is 2.25. The fourth-order valence-corrected chi connectivity index (χ4v) is 3.21. The molecule has 1 amide bonds. The lowest BCUT2D eigenvalue weighted by Crippen LogP contribution is -2.20. The number of para-hydroxylation sites is 2. The lowest BCUT2D eigenvalue weighted by molar-refractivity contribution is -0.118. The number of thiazole rings is 1. The molecule has 26 heavy (non-hydrogen) atoms. The van der Waals surface area contributed by atoms with Crippen LogP contribution in [0.15, 0.2) is 66.3 Å². The second-order valence-electron chi connectivity index (χ2n) is 5.60. The van der Waals surface area contributed by atoms with E-state index in [0.717, 1.165) is 16.2 Å². The number of aromatic nitrogens is 2. The van der Waals surface area contributed by atoms with E-state index in [4.69, 9.17) is 4.74 Å². The number of hydrogen-bond donors (Lipinski definition) is 2. The van der Waals surface area contributed by atoms with Crippen molar-refractivity contribution >= 4 is 27.9 Å². The number of hydrogen-bond acceptors (Lipinski definition) is 5. The number of nitrogens with zero attached hydrogens (tertiary/aromatic N) is 2. The third kappa shape index (κ3) is 3.38. The standard InChI is InChI=1S/C19H15N3O3S/c23-16-3-1-2-4-17(16)25-12-18(24)20-14-7-5-13(6-8-14)15-11-22-9-10-26-19(22)21-15/h1-11,23H,12H2,(H,20,24). The minimum Gasteiger partial charge on any atom is -0.504 e. The zero-order chi connectivity index (χ0) is 17.9. The molecule has 0 fully saturated rings. The van der Waals surface area contributed by atoms with Crippen molar-refractivity contribution in [2.24, 2.45) is 0 Å². The second-order valence-corrected chi connectivity index (χ2v) is 6.47. The molecule has 2 aromatic carbocycles. The zero-order valence-corrected chi connectivity index (χ0v) is 14.4. The molecule has 7 heteroatoms. The number of rotatable bonds is 5. The number of nitrogens with one attached hydrogen (secondary N) is 1. The van der Waals surface area contributed by atoms with E-state index in [1.807, 2.05) is 46.4 Å². The summed E-state index contributed by atoms with van der Waals surface area (Å²) in [6, 6.07) is 14.0. The van der Waals surface area contributed by atoms with Crippen LogP contribution in [-0.4, -0.2) is 27.0 Å². The number of carbonyl (C=O) groups is 1. The lowest BCUT2D eigenvalue weighted by atomic mass is 10.1. The minimum atomic E-state index is -0.302. The van der Waals surface area contributed by atoms with Gasteiger partial charge in [0.1, 0.15) is 0 Å². The van der Waals surface area contributed by atoms with Crippen molar-refractivity contribution in [2.75, 3.05) is 11.9 Å². The fraction of sp³-hybridized carbons (Fsp3) is 0.0526. The highest BCUT2D eigenvalue weighted by molar-refractivity contribution is 7.15. The zero-order valence-electron chi connectivity index (χ0n) is 13.6. The van der Waals surface area contributed by atoms with Crippen molar-refractivity contribution in [3.63, 3.8) is 0 Å². The number of phenols is 1. The molecule has 0 saturated heterocycles. The van der Waals surface area contributed by atoms with Crippen LogP contribution in [0.4, 0.5) is 5.69 Å². The highest BCUT2D eigenvalue weighted by Gasteiger charge is 2.08. The molecule has 0 bridgehead atoms. The van der Waals surface area contributed by atoms with E-state index in [-0.39, 0.29) is 24.0 Å². The van der Waals surface area contributed by atoms with Crippen LogP contribution in [0.5, 0.6) is 11.5 Å². The van der Waals surface area contributed by atoms with Crippen molar-refractivity contribution in [3.05, 3.63) is 66.3 Å². The number of anilines is 1. The summed E-state index contributed by atoms with van der Waals surface area (Å²) in [6.45, 7) is -0.184. The van der Waals surface area contributed by atoms with Crippen LogP contribution in [0.25, 0.3) is 16.2 Å². The normalized spacial score (nSPS) is 10.8. The van der Waals surface area contributed by atoms with E-state index >= 15 is 0 Å². The molecular weight excluding hydrogens is 350 g/mol. The van der Waals surface area contributed by atoms with Crippen LogP contribution in [0.1, 0.15) is 0 Å². The maximum atomic E-state index is 12.0. The average molecular weight is 365 g/mol. The van der Waals surface area contributed by atoms with Gasteiger partial charge in [0.2, 0.25) is 0 Å². The molecule has 0 unspecified atom stereocenters. The summed E-state index contributed by atoms with van der Waals surface area (Å²) in [4.78, 5) is 17.5. The van der Waals surface area contributed by atoms with E-state index in [1.165, 1.54) is 6.07 Å². The molecule has 0 radical (unpaired) electrons. The number of benzene rings is 2. The summed E-state index contributed by atoms with van der Waals surface area (Å²) in [6.07, 6.45) is 3.94. The number of imidazole rings is 1. The number of ether oxygens (including phenoxy) is 1. The fourth-order valence-electron chi connectivity index (χ4n) is 2.51. The van der Waals surface area contributed by atoms with Gasteiger partial charge >= 0.3 is 0 Å². The van der Waals surface area contributed by atoms with Crippen LogP contribution < -0.4 is 10.1 Å². The van der Waals surface area contributed by atoms with E-state index in [1.54, 1.807) is 29.5 Å². The molecule has 6 nitrogen and oxygen atoms in total. The first kappa shape index (κ1) is 16.2. The van der Waals surface area contributed by atoms with Gasteiger partial charge < -0.3 is 15.2 Å². The Kier molecular flexibility index (Phi) is 4.28. The summed E-state index contributed by atoms with van der Waals surface area (Å²) < 4.78 is 7.29. The third-order valence-electron chi connectivity index (χ3n) is 3.78. The average Bonchev–Trinajstić information content (AvgIpc) is 3.24. The second kappa shape index (κ2) is 6.89. The maximum Gasteiger partial charge on any atom is 0.262 e. The van der Waals surface area contributed by atoms with Gasteiger partial charge in [-0.3, -0.25) is 9.20 Å². The quantitative estimate of drug-likeness (QED) is 0.564. The Morgan fingerprint density at radius 3 is 2.77 bits per heavy atom. The monoisotopic (exact) mass is 365 g/mol. The Bertz CT molecular complexity index is 1020. The Labute approximate surface area is 153 Å². The predicted molar refractivity (Wildman–Crippen MR) is 101 cm³/mol. The van der Waals surface area contributed by atoms with Crippen molar-refractivity contribution in [1.29, 1.82) is 0 Å². The Morgan fingerprint density at radius 2 is 2.00 bits per heavy atom. The molecule has 0 saturated carbocycles. The molecule has 2 aromatic heterocycles. The molecule has 0 aliphatic carbocycles. The summed E-state index contributed by atoms with van der Waals surface area (Å²) in [7, 11) is 0. The number of aromatic hydroxyl groups is 1.